The second-order valence-electron chi connectivity index (χ2n) is 13.1. The van der Waals surface area contributed by atoms with E-state index < -0.39 is 23.9 Å². The summed E-state index contributed by atoms with van der Waals surface area (Å²) in [5.41, 5.74) is 6.21. The minimum atomic E-state index is -1.48. The van der Waals surface area contributed by atoms with Crippen LogP contribution in [0, 0.1) is 0 Å². The molecule has 4 atom stereocenters. The summed E-state index contributed by atoms with van der Waals surface area (Å²) in [4.78, 5) is 47.3. The smallest absolute Gasteiger partial charge is 0.0132 e. The number of hydrogen-bond acceptors (Lipinski definition) is 6. The van der Waals surface area contributed by atoms with Gasteiger partial charge in [-0.25, -0.2) is 0 Å². The number of aromatic nitrogens is 3. The molecule has 10 bridgehead atoms. The first-order valence-corrected chi connectivity index (χ1v) is 16.8. The molecule has 3 aromatic heterocycles. The van der Waals surface area contributed by atoms with Crippen molar-refractivity contribution in [3.8, 4) is 0 Å². The Labute approximate surface area is 304 Å². The van der Waals surface area contributed by atoms with Gasteiger partial charge in [-0.2, -0.15) is 0 Å². The molecular formula is C40H22CoN11-5. The van der Waals surface area contributed by atoms with Gasteiger partial charge >= 0.3 is 0 Å². The topological polar surface area (TPSA) is 145 Å². The summed E-state index contributed by atoms with van der Waals surface area (Å²) in [5.74, 6) is -2.97. The molecule has 0 saturated heterocycles. The standard InChI is InChI=1S/C40H22N11.Co/c1-3-13-23-21(11-1)31-41-33(23)46-39-30-20-10-8-18-28(30)38(51-39)44-32-22-12-2-4-14-24(22)34(42-32)47-40(29-19-9-7-17-27(29)37(43-31)50-40)49-36-26-16-6-5-15-25(26)35(45-36)48-39;/h1-20,37-38H;/q-5;. The van der Waals surface area contributed by atoms with Crippen molar-refractivity contribution in [1.29, 1.82) is 0 Å². The largest absolute Gasteiger partial charge is 0.630 e. The van der Waals surface area contributed by atoms with Gasteiger partial charge in [-0.05, 0) is 55.0 Å². The first-order chi connectivity index (χ1) is 25.1. The van der Waals surface area contributed by atoms with E-state index in [-0.39, 0.29) is 16.8 Å². The molecule has 4 unspecified atom stereocenters. The van der Waals surface area contributed by atoms with E-state index in [1.807, 2.05) is 121 Å². The van der Waals surface area contributed by atoms with Gasteiger partial charge in [0.25, 0.3) is 0 Å². The van der Waals surface area contributed by atoms with Crippen LogP contribution in [0.1, 0.15) is 34.6 Å². The van der Waals surface area contributed by atoms with Crippen molar-refractivity contribution in [2.75, 3.05) is 0 Å². The Kier molecular flexibility index (Phi) is 5.99. The molecular weight excluding hydrogens is 693 g/mol. The van der Waals surface area contributed by atoms with E-state index in [2.05, 4.69) is 0 Å². The molecule has 0 aliphatic carbocycles. The molecule has 7 heterocycles. The van der Waals surface area contributed by atoms with Crippen LogP contribution in [-0.2, 0) is 28.4 Å². The normalized spacial score (nSPS) is 27.3. The number of rotatable bonds is 0. The second-order valence-corrected chi connectivity index (χ2v) is 13.1. The van der Waals surface area contributed by atoms with Gasteiger partial charge in [0.05, 0.1) is 0 Å². The van der Waals surface area contributed by atoms with Crippen LogP contribution in [0.2, 0.25) is 0 Å². The average molecular weight is 716 g/mol. The molecule has 11 nitrogen and oxygen atoms in total. The predicted molar refractivity (Wildman–Crippen MR) is 187 cm³/mol. The third-order valence-corrected chi connectivity index (χ3v) is 10.2. The molecule has 251 valence electrons. The fraction of sp³-hybridized carbons (Fsp3) is 0.100. The first-order valence-electron chi connectivity index (χ1n) is 16.8. The Morgan fingerprint density at radius 1 is 0.365 bits per heavy atom. The zero-order chi connectivity index (χ0) is 33.3. The maximum atomic E-state index is 5.39. The van der Waals surface area contributed by atoms with Gasteiger partial charge in [0, 0.05) is 49.7 Å². The Morgan fingerprint density at radius 2 is 0.654 bits per heavy atom. The van der Waals surface area contributed by atoms with E-state index in [0.717, 1.165) is 54.6 Å². The quantitative estimate of drug-likeness (QED) is 0.237. The van der Waals surface area contributed by atoms with Crippen LogP contribution in [-0.4, -0.2) is 0 Å². The molecule has 0 amide bonds. The van der Waals surface area contributed by atoms with Crippen molar-refractivity contribution >= 4 is 32.3 Å². The van der Waals surface area contributed by atoms with Gasteiger partial charge < -0.3 is 55.5 Å². The number of hydrogen-bond donors (Lipinski definition) is 0. The van der Waals surface area contributed by atoms with E-state index in [1.165, 1.54) is 0 Å². The molecule has 8 aromatic rings. The van der Waals surface area contributed by atoms with Gasteiger partial charge in [0.15, 0.2) is 0 Å². The summed E-state index contributed by atoms with van der Waals surface area (Å²) in [6.45, 7) is 0. The Balaban J connectivity index is 0.00000320. The van der Waals surface area contributed by atoms with Crippen molar-refractivity contribution < 1.29 is 16.8 Å². The monoisotopic (exact) mass is 715 g/mol. The molecule has 0 saturated carbocycles. The molecule has 12 heteroatoms. The van der Waals surface area contributed by atoms with Crippen LogP contribution in [0.3, 0.4) is 0 Å². The Morgan fingerprint density at radius 3 is 1.02 bits per heavy atom. The second kappa shape index (κ2) is 10.5. The van der Waals surface area contributed by atoms with E-state index in [1.54, 1.807) is 0 Å². The molecule has 4 aliphatic rings. The van der Waals surface area contributed by atoms with Gasteiger partial charge in [0.1, 0.15) is 0 Å². The van der Waals surface area contributed by atoms with Crippen LogP contribution in [0.5, 0.6) is 0 Å². The molecule has 4 aliphatic heterocycles. The zero-order valence-electron chi connectivity index (χ0n) is 27.0. The fourth-order valence-corrected chi connectivity index (χ4v) is 7.92. The molecule has 0 N–H and O–H groups in total. The molecule has 12 rings (SSSR count). The third-order valence-electron chi connectivity index (χ3n) is 10.2. The average Bonchev–Trinajstić information content (AvgIpc) is 3.94. The molecule has 1 radical (unpaired) electrons. The van der Waals surface area contributed by atoms with Crippen molar-refractivity contribution in [2.24, 2.45) is 30.0 Å². The molecule has 2 spiro atoms. The summed E-state index contributed by atoms with van der Waals surface area (Å²) in [6, 6.07) is 39.9. The van der Waals surface area contributed by atoms with Crippen LogP contribution in [0.15, 0.2) is 151 Å². The Hall–Kier alpha value is -6.05. The van der Waals surface area contributed by atoms with Gasteiger partial charge in [-0.1, -0.05) is 145 Å². The van der Waals surface area contributed by atoms with Crippen molar-refractivity contribution in [3.05, 3.63) is 187 Å². The third kappa shape index (κ3) is 3.97. The summed E-state index contributed by atoms with van der Waals surface area (Å²) in [6.07, 6.45) is -1.36. The van der Waals surface area contributed by atoms with E-state index >= 15 is 0 Å². The van der Waals surface area contributed by atoms with E-state index in [0.29, 0.717) is 32.9 Å². The van der Waals surface area contributed by atoms with Crippen molar-refractivity contribution in [3.63, 3.8) is 0 Å². The van der Waals surface area contributed by atoms with E-state index in [9.17, 15) is 0 Å². The minimum Gasteiger partial charge on any atom is -0.630 e. The molecule has 0 fully saturated rings. The van der Waals surface area contributed by atoms with E-state index in [4.69, 9.17) is 55.5 Å². The minimum absolute atomic E-state index is 0. The van der Waals surface area contributed by atoms with Crippen molar-refractivity contribution in [2.45, 2.75) is 23.9 Å². The van der Waals surface area contributed by atoms with Crippen LogP contribution < -0.4 is 47.9 Å². The predicted octanol–water partition coefficient (Wildman–Crippen LogP) is 3.55. The van der Waals surface area contributed by atoms with Crippen LogP contribution in [0.25, 0.3) is 43.0 Å². The summed E-state index contributed by atoms with van der Waals surface area (Å²) >= 11 is 0. The number of nitrogens with zero attached hydrogens (tertiary/aromatic N) is 11. The van der Waals surface area contributed by atoms with Crippen LogP contribution in [0.4, 0.5) is 0 Å². The first kappa shape index (κ1) is 29.7. The van der Waals surface area contributed by atoms with Gasteiger partial charge in [0.2, 0.25) is 0 Å². The van der Waals surface area contributed by atoms with Gasteiger partial charge in [-0.3, -0.25) is 0 Å². The summed E-state index contributed by atoms with van der Waals surface area (Å²) in [5, 5.41) is 15.7. The number of fused-ring (bicyclic) bond motifs is 17. The van der Waals surface area contributed by atoms with Gasteiger partial charge in [-0.15, -0.1) is 0 Å². The van der Waals surface area contributed by atoms with Crippen LogP contribution >= 0.6 is 0 Å². The SMILES string of the molecule is [Co].c1ccc2c(c1)C1/N=c3\[n-]/c(c4ccccc34)=N\C34/N=c5\[n-]/c(c6ccccc56)=N\C2(/N=c2\[n-]/c(c5ccccc25)=N\C([N-]3)c2ccccc24)[N-]1. The maximum absolute atomic E-state index is 5.39. The molecule has 5 aromatic carbocycles. The summed E-state index contributed by atoms with van der Waals surface area (Å²) in [7, 11) is 0. The molecule has 52 heavy (non-hydrogen) atoms. The maximum Gasteiger partial charge on any atom is 0.0132 e. The van der Waals surface area contributed by atoms with Crippen molar-refractivity contribution in [1.82, 2.24) is 15.0 Å². The summed E-state index contributed by atoms with van der Waals surface area (Å²) < 4.78 is 0. The Bertz CT molecular complexity index is 3000. The number of benzene rings is 5. The fourth-order valence-electron chi connectivity index (χ4n) is 7.92. The zero-order valence-corrected chi connectivity index (χ0v) is 28.0.